The van der Waals surface area contributed by atoms with Crippen LogP contribution in [0.3, 0.4) is 0 Å². The van der Waals surface area contributed by atoms with E-state index in [0.29, 0.717) is 18.2 Å². The molecule has 3 rings (SSSR count). The Balaban J connectivity index is 1.70. The summed E-state index contributed by atoms with van der Waals surface area (Å²) in [5, 5.41) is 3.94. The molecule has 0 aromatic heterocycles. The predicted octanol–water partition coefficient (Wildman–Crippen LogP) is 4.77. The molecule has 1 N–H and O–H groups in total. The molecular formula is C21H25FN2OS. The molecule has 1 atom stereocenters. The van der Waals surface area contributed by atoms with Crippen LogP contribution < -0.4 is 5.32 Å². The maximum Gasteiger partial charge on any atom is 0.173 e. The van der Waals surface area contributed by atoms with Crippen molar-refractivity contribution in [1.29, 1.82) is 0 Å². The minimum Gasteiger partial charge on any atom is -0.376 e. The first-order valence-electron chi connectivity index (χ1n) is 9.15. The Morgan fingerprint density at radius 3 is 2.69 bits per heavy atom. The standard InChI is InChI=1S/C21H25FN2OS/c1-2-16-8-10-19(11-9-16)23-21(26)24(15-20-7-4-12-25-20)14-17-5-3-6-18(22)13-17/h3,5-6,8-11,13,20H,2,4,7,12,14-15H2,1H3,(H,23,26). The number of nitrogens with zero attached hydrogens (tertiary/aromatic N) is 1. The molecule has 0 aliphatic carbocycles. The van der Waals surface area contributed by atoms with E-state index in [4.69, 9.17) is 17.0 Å². The van der Waals surface area contributed by atoms with E-state index < -0.39 is 0 Å². The zero-order valence-electron chi connectivity index (χ0n) is 15.1. The van der Waals surface area contributed by atoms with Crippen LogP contribution in [-0.2, 0) is 17.7 Å². The lowest BCUT2D eigenvalue weighted by Crippen LogP contribution is -2.39. The molecule has 5 heteroatoms. The second-order valence-corrected chi connectivity index (χ2v) is 7.01. The Morgan fingerprint density at radius 2 is 2.04 bits per heavy atom. The first kappa shape index (κ1) is 18.8. The number of nitrogens with one attached hydrogen (secondary N) is 1. The normalized spacial score (nSPS) is 16.5. The molecule has 26 heavy (non-hydrogen) atoms. The Hall–Kier alpha value is -1.98. The highest BCUT2D eigenvalue weighted by Gasteiger charge is 2.21. The fraction of sp³-hybridized carbons (Fsp3) is 0.381. The van der Waals surface area contributed by atoms with Crippen molar-refractivity contribution < 1.29 is 9.13 Å². The summed E-state index contributed by atoms with van der Waals surface area (Å²) in [6.07, 6.45) is 3.30. The van der Waals surface area contributed by atoms with E-state index in [1.54, 1.807) is 12.1 Å². The summed E-state index contributed by atoms with van der Waals surface area (Å²) in [4.78, 5) is 2.06. The van der Waals surface area contributed by atoms with Gasteiger partial charge in [0.15, 0.2) is 5.11 Å². The van der Waals surface area contributed by atoms with Gasteiger partial charge < -0.3 is 15.0 Å². The largest absolute Gasteiger partial charge is 0.376 e. The Kier molecular flexibility index (Phi) is 6.58. The van der Waals surface area contributed by atoms with E-state index in [0.717, 1.165) is 37.1 Å². The van der Waals surface area contributed by atoms with Crippen molar-refractivity contribution in [2.45, 2.75) is 38.8 Å². The van der Waals surface area contributed by atoms with Gasteiger partial charge in [-0.2, -0.15) is 0 Å². The van der Waals surface area contributed by atoms with Crippen LogP contribution in [0.5, 0.6) is 0 Å². The Labute approximate surface area is 160 Å². The van der Waals surface area contributed by atoms with Crippen LogP contribution in [0.1, 0.15) is 30.9 Å². The van der Waals surface area contributed by atoms with E-state index >= 15 is 0 Å². The van der Waals surface area contributed by atoms with Gasteiger partial charge in [-0.15, -0.1) is 0 Å². The summed E-state index contributed by atoms with van der Waals surface area (Å²) in [6.45, 7) is 4.19. The molecule has 0 saturated carbocycles. The fourth-order valence-electron chi connectivity index (χ4n) is 3.14. The minimum absolute atomic E-state index is 0.172. The van der Waals surface area contributed by atoms with Crippen LogP contribution in [-0.4, -0.2) is 29.3 Å². The lowest BCUT2D eigenvalue weighted by molar-refractivity contribution is 0.0905. The van der Waals surface area contributed by atoms with Crippen molar-refractivity contribution in [1.82, 2.24) is 4.90 Å². The highest BCUT2D eigenvalue weighted by Crippen LogP contribution is 2.18. The highest BCUT2D eigenvalue weighted by atomic mass is 32.1. The second kappa shape index (κ2) is 9.10. The van der Waals surface area contributed by atoms with Crippen LogP contribution in [0, 0.1) is 5.82 Å². The van der Waals surface area contributed by atoms with Crippen molar-refractivity contribution in [2.75, 3.05) is 18.5 Å². The predicted molar refractivity (Wildman–Crippen MR) is 108 cm³/mol. The molecule has 1 heterocycles. The molecule has 2 aromatic rings. The van der Waals surface area contributed by atoms with Gasteiger partial charge in [0, 0.05) is 25.4 Å². The van der Waals surface area contributed by atoms with Gasteiger partial charge in [-0.05, 0) is 66.9 Å². The number of aryl methyl sites for hydroxylation is 1. The molecule has 0 spiro atoms. The fourth-order valence-corrected chi connectivity index (χ4v) is 3.39. The average molecular weight is 373 g/mol. The summed E-state index contributed by atoms with van der Waals surface area (Å²) in [7, 11) is 0. The minimum atomic E-state index is -0.228. The third-order valence-electron chi connectivity index (χ3n) is 4.61. The van der Waals surface area contributed by atoms with Gasteiger partial charge in [0.25, 0.3) is 0 Å². The molecule has 0 radical (unpaired) electrons. The number of halogens is 1. The topological polar surface area (TPSA) is 24.5 Å². The third kappa shape index (κ3) is 5.26. The van der Waals surface area contributed by atoms with E-state index in [2.05, 4.69) is 29.3 Å². The lowest BCUT2D eigenvalue weighted by Gasteiger charge is -2.28. The van der Waals surface area contributed by atoms with Gasteiger partial charge >= 0.3 is 0 Å². The van der Waals surface area contributed by atoms with E-state index in [-0.39, 0.29) is 11.9 Å². The maximum atomic E-state index is 13.6. The molecule has 1 saturated heterocycles. The third-order valence-corrected chi connectivity index (χ3v) is 4.97. The lowest BCUT2D eigenvalue weighted by atomic mass is 10.1. The number of rotatable bonds is 6. The summed E-state index contributed by atoms with van der Waals surface area (Å²) in [5.74, 6) is -0.228. The first-order valence-corrected chi connectivity index (χ1v) is 9.56. The van der Waals surface area contributed by atoms with Gasteiger partial charge in [-0.3, -0.25) is 0 Å². The van der Waals surface area contributed by atoms with Gasteiger partial charge in [-0.25, -0.2) is 4.39 Å². The van der Waals surface area contributed by atoms with Crippen molar-refractivity contribution in [2.24, 2.45) is 0 Å². The van der Waals surface area contributed by atoms with Crippen LogP contribution in [0.25, 0.3) is 0 Å². The average Bonchev–Trinajstić information content (AvgIpc) is 3.15. The molecule has 138 valence electrons. The molecule has 1 aliphatic heterocycles. The molecule has 0 amide bonds. The van der Waals surface area contributed by atoms with Crippen LogP contribution >= 0.6 is 12.2 Å². The summed E-state index contributed by atoms with van der Waals surface area (Å²) < 4.78 is 19.3. The zero-order valence-corrected chi connectivity index (χ0v) is 15.9. The smallest absolute Gasteiger partial charge is 0.173 e. The number of thiocarbonyl (C=S) groups is 1. The Morgan fingerprint density at radius 1 is 1.23 bits per heavy atom. The summed E-state index contributed by atoms with van der Waals surface area (Å²) in [5.41, 5.74) is 3.15. The van der Waals surface area contributed by atoms with Crippen molar-refractivity contribution in [3.8, 4) is 0 Å². The van der Waals surface area contributed by atoms with Gasteiger partial charge in [0.2, 0.25) is 0 Å². The monoisotopic (exact) mass is 372 g/mol. The molecule has 0 bridgehead atoms. The highest BCUT2D eigenvalue weighted by molar-refractivity contribution is 7.80. The van der Waals surface area contributed by atoms with Crippen LogP contribution in [0.2, 0.25) is 0 Å². The Bertz CT molecular complexity index is 729. The van der Waals surface area contributed by atoms with Crippen molar-refractivity contribution in [3.63, 3.8) is 0 Å². The first-order chi connectivity index (χ1) is 12.6. The summed E-state index contributed by atoms with van der Waals surface area (Å²) >= 11 is 5.65. The van der Waals surface area contributed by atoms with E-state index in [1.165, 1.54) is 11.6 Å². The summed E-state index contributed by atoms with van der Waals surface area (Å²) in [6, 6.07) is 14.9. The molecule has 1 unspecified atom stereocenters. The SMILES string of the molecule is CCc1ccc(NC(=S)N(Cc2cccc(F)c2)CC2CCCO2)cc1. The van der Waals surface area contributed by atoms with Gasteiger partial charge in [0.1, 0.15) is 5.82 Å². The second-order valence-electron chi connectivity index (χ2n) is 6.63. The number of hydrogen-bond donors (Lipinski definition) is 1. The maximum absolute atomic E-state index is 13.6. The number of benzene rings is 2. The number of ether oxygens (including phenoxy) is 1. The molecular weight excluding hydrogens is 347 g/mol. The van der Waals surface area contributed by atoms with Gasteiger partial charge in [0.05, 0.1) is 6.10 Å². The van der Waals surface area contributed by atoms with Crippen LogP contribution in [0.15, 0.2) is 48.5 Å². The number of anilines is 1. The quantitative estimate of drug-likeness (QED) is 0.739. The zero-order chi connectivity index (χ0) is 18.4. The molecule has 1 aliphatic rings. The van der Waals surface area contributed by atoms with E-state index in [9.17, 15) is 4.39 Å². The van der Waals surface area contributed by atoms with Crippen molar-refractivity contribution in [3.05, 3.63) is 65.5 Å². The number of hydrogen-bond acceptors (Lipinski definition) is 2. The molecule has 3 nitrogen and oxygen atoms in total. The van der Waals surface area contributed by atoms with Gasteiger partial charge in [-0.1, -0.05) is 31.2 Å². The van der Waals surface area contributed by atoms with Crippen molar-refractivity contribution >= 4 is 23.0 Å². The van der Waals surface area contributed by atoms with Crippen LogP contribution in [0.4, 0.5) is 10.1 Å². The molecule has 2 aromatic carbocycles. The van der Waals surface area contributed by atoms with E-state index in [1.807, 2.05) is 18.2 Å². The molecule has 1 fully saturated rings.